The highest BCUT2D eigenvalue weighted by Gasteiger charge is 2.15. The highest BCUT2D eigenvalue weighted by atomic mass is 32.2. The van der Waals surface area contributed by atoms with Crippen LogP contribution in [-0.4, -0.2) is 13.4 Å². The molecule has 6 heteroatoms. The molecule has 2 aromatic heterocycles. The van der Waals surface area contributed by atoms with Crippen LogP contribution in [0.4, 0.5) is 5.69 Å². The zero-order valence-corrected chi connectivity index (χ0v) is 11.8. The van der Waals surface area contributed by atoms with Crippen molar-refractivity contribution in [3.8, 4) is 0 Å². The van der Waals surface area contributed by atoms with Gasteiger partial charge in [-0.2, -0.15) is 0 Å². The lowest BCUT2D eigenvalue weighted by Crippen LogP contribution is -2.11. The van der Waals surface area contributed by atoms with Gasteiger partial charge in [-0.05, 0) is 42.6 Å². The molecule has 3 rings (SSSR count). The summed E-state index contributed by atoms with van der Waals surface area (Å²) in [5, 5.41) is 2.73. The van der Waals surface area contributed by atoms with Crippen LogP contribution in [0.15, 0.2) is 46.0 Å². The van der Waals surface area contributed by atoms with Gasteiger partial charge in [0.05, 0.1) is 0 Å². The summed E-state index contributed by atoms with van der Waals surface area (Å²) >= 11 is 1.20. The van der Waals surface area contributed by atoms with E-state index in [1.54, 1.807) is 23.6 Å². The molecule has 98 valence electrons. The van der Waals surface area contributed by atoms with E-state index in [4.69, 9.17) is 0 Å². The molecule has 0 aliphatic rings. The summed E-state index contributed by atoms with van der Waals surface area (Å²) in [6.45, 7) is 1.97. The molecule has 19 heavy (non-hydrogen) atoms. The van der Waals surface area contributed by atoms with Crippen LogP contribution < -0.4 is 4.72 Å². The minimum atomic E-state index is -3.47. The summed E-state index contributed by atoms with van der Waals surface area (Å²) in [7, 11) is -3.47. The van der Waals surface area contributed by atoms with Crippen molar-refractivity contribution in [2.24, 2.45) is 0 Å². The van der Waals surface area contributed by atoms with Gasteiger partial charge in [0.1, 0.15) is 4.21 Å². The minimum absolute atomic E-state index is 0.317. The van der Waals surface area contributed by atoms with Crippen LogP contribution in [0.1, 0.15) is 5.69 Å². The Morgan fingerprint density at radius 3 is 2.79 bits per heavy atom. The van der Waals surface area contributed by atoms with Crippen LogP contribution in [0.25, 0.3) is 10.9 Å². The van der Waals surface area contributed by atoms with Crippen LogP contribution in [-0.2, 0) is 10.0 Å². The molecule has 2 heterocycles. The first-order valence-corrected chi connectivity index (χ1v) is 8.06. The summed E-state index contributed by atoms with van der Waals surface area (Å²) < 4.78 is 27.1. The van der Waals surface area contributed by atoms with Crippen LogP contribution >= 0.6 is 11.3 Å². The largest absolute Gasteiger partial charge is 0.359 e. The van der Waals surface area contributed by atoms with Gasteiger partial charge < -0.3 is 4.98 Å². The lowest BCUT2D eigenvalue weighted by Gasteiger charge is -2.06. The van der Waals surface area contributed by atoms with Crippen LogP contribution in [0.3, 0.4) is 0 Å². The van der Waals surface area contributed by atoms with Crippen molar-refractivity contribution in [3.63, 3.8) is 0 Å². The number of hydrogen-bond donors (Lipinski definition) is 2. The Bertz CT molecular complexity index is 818. The lowest BCUT2D eigenvalue weighted by molar-refractivity contribution is 0.603. The third-order valence-corrected chi connectivity index (χ3v) is 5.55. The number of thiophene rings is 1. The molecule has 3 aromatic rings. The van der Waals surface area contributed by atoms with Gasteiger partial charge in [0.2, 0.25) is 0 Å². The molecular weight excluding hydrogens is 280 g/mol. The van der Waals surface area contributed by atoms with E-state index in [1.807, 2.05) is 25.1 Å². The van der Waals surface area contributed by atoms with E-state index in [0.29, 0.717) is 9.90 Å². The molecule has 0 amide bonds. The van der Waals surface area contributed by atoms with Crippen LogP contribution in [0, 0.1) is 6.92 Å². The molecule has 0 unspecified atom stereocenters. The Morgan fingerprint density at radius 1 is 1.21 bits per heavy atom. The van der Waals surface area contributed by atoms with Crippen molar-refractivity contribution in [2.75, 3.05) is 4.72 Å². The molecule has 0 bridgehead atoms. The highest BCUT2D eigenvalue weighted by Crippen LogP contribution is 2.23. The Labute approximate surface area is 115 Å². The average Bonchev–Trinajstić information content (AvgIpc) is 2.95. The number of sulfonamides is 1. The van der Waals surface area contributed by atoms with Gasteiger partial charge in [0, 0.05) is 22.3 Å². The Morgan fingerprint density at radius 2 is 2.05 bits per heavy atom. The second-order valence-electron chi connectivity index (χ2n) is 4.29. The predicted octanol–water partition coefficient (Wildman–Crippen LogP) is 3.34. The number of hydrogen-bond acceptors (Lipinski definition) is 3. The summed E-state index contributed by atoms with van der Waals surface area (Å²) in [6.07, 6.45) is 0. The molecule has 0 aliphatic carbocycles. The van der Waals surface area contributed by atoms with E-state index >= 15 is 0 Å². The Balaban J connectivity index is 1.97. The van der Waals surface area contributed by atoms with Gasteiger partial charge in [-0.15, -0.1) is 11.3 Å². The molecule has 4 nitrogen and oxygen atoms in total. The maximum Gasteiger partial charge on any atom is 0.271 e. The van der Waals surface area contributed by atoms with Crippen molar-refractivity contribution in [3.05, 3.63) is 47.5 Å². The van der Waals surface area contributed by atoms with Crippen molar-refractivity contribution in [1.82, 2.24) is 4.98 Å². The highest BCUT2D eigenvalue weighted by molar-refractivity contribution is 7.94. The number of nitrogens with one attached hydrogen (secondary N) is 2. The first-order valence-electron chi connectivity index (χ1n) is 5.70. The van der Waals surface area contributed by atoms with Crippen molar-refractivity contribution >= 4 is 38.0 Å². The van der Waals surface area contributed by atoms with Crippen molar-refractivity contribution in [1.29, 1.82) is 0 Å². The maximum atomic E-state index is 12.1. The number of aromatic amines is 1. The normalized spacial score (nSPS) is 11.8. The first-order chi connectivity index (χ1) is 9.04. The maximum absolute atomic E-state index is 12.1. The molecule has 0 fully saturated rings. The molecular formula is C13H12N2O2S2. The van der Waals surface area contributed by atoms with Crippen molar-refractivity contribution in [2.45, 2.75) is 11.1 Å². The van der Waals surface area contributed by atoms with E-state index in [-0.39, 0.29) is 0 Å². The molecule has 2 N–H and O–H groups in total. The van der Waals surface area contributed by atoms with E-state index in [1.165, 1.54) is 11.3 Å². The second kappa shape index (κ2) is 4.40. The number of H-pyrrole nitrogens is 1. The number of rotatable bonds is 3. The third-order valence-electron chi connectivity index (χ3n) is 2.77. The Hall–Kier alpha value is -1.79. The standard InChI is InChI=1S/C13H12N2O2S2/c1-9-7-10-8-11(4-5-12(10)14-9)15-19(16,17)13-3-2-6-18-13/h2-8,14-15H,1H3. The van der Waals surface area contributed by atoms with Gasteiger partial charge in [-0.1, -0.05) is 6.07 Å². The fourth-order valence-corrected chi connectivity index (χ4v) is 4.01. The fraction of sp³-hybridized carbons (Fsp3) is 0.0769. The summed E-state index contributed by atoms with van der Waals surface area (Å²) in [4.78, 5) is 3.20. The molecule has 0 aliphatic heterocycles. The number of anilines is 1. The predicted molar refractivity (Wildman–Crippen MR) is 78.2 cm³/mol. The van der Waals surface area contributed by atoms with Gasteiger partial charge in [-0.3, -0.25) is 4.72 Å². The summed E-state index contributed by atoms with van der Waals surface area (Å²) in [5.74, 6) is 0. The average molecular weight is 292 g/mol. The minimum Gasteiger partial charge on any atom is -0.359 e. The lowest BCUT2D eigenvalue weighted by atomic mass is 10.2. The topological polar surface area (TPSA) is 62.0 Å². The van der Waals surface area contributed by atoms with Crippen LogP contribution in [0.2, 0.25) is 0 Å². The Kier molecular flexibility index (Phi) is 2.83. The zero-order valence-electron chi connectivity index (χ0n) is 10.2. The third kappa shape index (κ3) is 2.36. The quantitative estimate of drug-likeness (QED) is 0.777. The summed E-state index contributed by atoms with van der Waals surface area (Å²) in [5.41, 5.74) is 2.62. The number of aryl methyl sites for hydroxylation is 1. The van der Waals surface area contributed by atoms with Gasteiger partial charge in [-0.25, -0.2) is 8.42 Å². The zero-order chi connectivity index (χ0) is 13.5. The van der Waals surface area contributed by atoms with Crippen LogP contribution in [0.5, 0.6) is 0 Å². The van der Waals surface area contributed by atoms with E-state index in [9.17, 15) is 8.42 Å². The van der Waals surface area contributed by atoms with Gasteiger partial charge in [0.15, 0.2) is 0 Å². The smallest absolute Gasteiger partial charge is 0.271 e. The summed E-state index contributed by atoms with van der Waals surface area (Å²) in [6, 6.07) is 10.7. The van der Waals surface area contributed by atoms with Crippen molar-refractivity contribution < 1.29 is 8.42 Å². The molecule has 1 aromatic carbocycles. The monoisotopic (exact) mass is 292 g/mol. The van der Waals surface area contributed by atoms with Gasteiger partial charge >= 0.3 is 0 Å². The molecule has 0 atom stereocenters. The van der Waals surface area contributed by atoms with Gasteiger partial charge in [0.25, 0.3) is 10.0 Å². The SMILES string of the molecule is Cc1cc2cc(NS(=O)(=O)c3cccs3)ccc2[nH]1. The van der Waals surface area contributed by atoms with E-state index < -0.39 is 10.0 Å². The van der Waals surface area contributed by atoms with E-state index in [2.05, 4.69) is 9.71 Å². The molecule has 0 spiro atoms. The van der Waals surface area contributed by atoms with E-state index in [0.717, 1.165) is 16.6 Å². The second-order valence-corrected chi connectivity index (χ2v) is 7.15. The number of fused-ring (bicyclic) bond motifs is 1. The fourth-order valence-electron chi connectivity index (χ4n) is 1.96. The molecule has 0 saturated carbocycles. The molecule has 0 saturated heterocycles. The number of benzene rings is 1. The molecule has 0 radical (unpaired) electrons. The first kappa shape index (κ1) is 12.3. The number of aromatic nitrogens is 1.